The first-order chi connectivity index (χ1) is 13.1. The van der Waals surface area contributed by atoms with E-state index in [1.807, 2.05) is 18.2 Å². The second kappa shape index (κ2) is 7.29. The summed E-state index contributed by atoms with van der Waals surface area (Å²) < 4.78 is 0. The van der Waals surface area contributed by atoms with Gasteiger partial charge in [-0.15, -0.1) is 0 Å². The molecule has 1 aliphatic carbocycles. The molecule has 1 saturated heterocycles. The van der Waals surface area contributed by atoms with Crippen LogP contribution in [0.2, 0.25) is 0 Å². The fraction of sp³-hybridized carbons (Fsp3) is 0.500. The summed E-state index contributed by atoms with van der Waals surface area (Å²) in [6.45, 7) is 4.15. The van der Waals surface area contributed by atoms with Gasteiger partial charge in [0.1, 0.15) is 5.56 Å². The molecule has 1 aliphatic heterocycles. The first-order valence-electron chi connectivity index (χ1n) is 10.0. The first kappa shape index (κ1) is 18.0. The minimum absolute atomic E-state index is 0.245. The van der Waals surface area contributed by atoms with Crippen molar-refractivity contribution in [3.63, 3.8) is 0 Å². The average Bonchev–Trinajstić information content (AvgIpc) is 3.20. The van der Waals surface area contributed by atoms with Crippen LogP contribution in [-0.2, 0) is 5.41 Å². The summed E-state index contributed by atoms with van der Waals surface area (Å²) in [5.41, 5.74) is 1.79. The van der Waals surface area contributed by atoms with Crippen LogP contribution in [0.25, 0.3) is 0 Å². The Morgan fingerprint density at radius 1 is 1.15 bits per heavy atom. The molecule has 0 unspecified atom stereocenters. The van der Waals surface area contributed by atoms with Gasteiger partial charge in [-0.05, 0) is 37.2 Å². The fourth-order valence-corrected chi connectivity index (χ4v) is 4.65. The summed E-state index contributed by atoms with van der Waals surface area (Å²) in [7, 11) is 0. The Bertz CT molecular complexity index is 808. The molecule has 5 nitrogen and oxygen atoms in total. The van der Waals surface area contributed by atoms with Crippen LogP contribution in [0.1, 0.15) is 67.1 Å². The van der Waals surface area contributed by atoms with Gasteiger partial charge in [0.2, 0.25) is 5.95 Å². The van der Waals surface area contributed by atoms with Gasteiger partial charge in [-0.2, -0.15) is 0 Å². The minimum Gasteiger partial charge on any atom is -0.478 e. The van der Waals surface area contributed by atoms with E-state index in [4.69, 9.17) is 4.98 Å². The Kier molecular flexibility index (Phi) is 4.85. The number of nitrogens with zero attached hydrogens (tertiary/aromatic N) is 3. The molecule has 0 spiro atoms. The predicted octanol–water partition coefficient (Wildman–Crippen LogP) is 4.27. The van der Waals surface area contributed by atoms with E-state index in [2.05, 4.69) is 28.9 Å². The summed E-state index contributed by atoms with van der Waals surface area (Å²) in [5.74, 6) is 0.472. The maximum Gasteiger partial charge on any atom is 0.339 e. The zero-order valence-corrected chi connectivity index (χ0v) is 15.9. The van der Waals surface area contributed by atoms with E-state index < -0.39 is 5.97 Å². The van der Waals surface area contributed by atoms with Gasteiger partial charge in [0.25, 0.3) is 0 Å². The standard InChI is InChI=1S/C22H27N3O2/c1-16-9-13-25(14-10-16)21-23-15-18(20(26)27)19(24-21)22(11-5-6-12-22)17-7-3-2-4-8-17/h2-4,7-8,15-16H,5-6,9-14H2,1H3,(H,26,27). The van der Waals surface area contributed by atoms with Crippen molar-refractivity contribution in [2.45, 2.75) is 50.9 Å². The lowest BCUT2D eigenvalue weighted by atomic mass is 9.74. The SMILES string of the molecule is CC1CCN(c2ncc(C(=O)O)c(C3(c4ccccc4)CCCC3)n2)CC1. The highest BCUT2D eigenvalue weighted by atomic mass is 16.4. The van der Waals surface area contributed by atoms with Gasteiger partial charge in [-0.25, -0.2) is 14.8 Å². The number of carbonyl (C=O) groups is 1. The van der Waals surface area contributed by atoms with Crippen molar-refractivity contribution in [2.75, 3.05) is 18.0 Å². The van der Waals surface area contributed by atoms with Gasteiger partial charge in [0.05, 0.1) is 5.69 Å². The molecule has 0 atom stereocenters. The van der Waals surface area contributed by atoms with Crippen LogP contribution >= 0.6 is 0 Å². The zero-order chi connectivity index (χ0) is 18.9. The second-order valence-electron chi connectivity index (χ2n) is 8.06. The summed E-state index contributed by atoms with van der Waals surface area (Å²) in [6, 6.07) is 10.3. The van der Waals surface area contributed by atoms with Gasteiger partial charge in [0, 0.05) is 24.7 Å². The number of hydrogen-bond acceptors (Lipinski definition) is 4. The number of carboxylic acid groups (broad SMARTS) is 1. The Hall–Kier alpha value is -2.43. The van der Waals surface area contributed by atoms with Crippen LogP contribution in [0, 0.1) is 5.92 Å². The van der Waals surface area contributed by atoms with Crippen LogP contribution in [0.5, 0.6) is 0 Å². The molecule has 2 aromatic rings. The molecule has 5 heteroatoms. The Labute approximate surface area is 160 Å². The minimum atomic E-state index is -0.939. The molecule has 4 rings (SSSR count). The first-order valence-corrected chi connectivity index (χ1v) is 10.0. The zero-order valence-electron chi connectivity index (χ0n) is 15.9. The molecule has 2 heterocycles. The van der Waals surface area contributed by atoms with E-state index in [9.17, 15) is 9.90 Å². The number of anilines is 1. The van der Waals surface area contributed by atoms with Crippen LogP contribution in [0.3, 0.4) is 0 Å². The number of benzene rings is 1. The molecule has 1 aromatic heterocycles. The molecule has 0 amide bonds. The summed E-state index contributed by atoms with van der Waals surface area (Å²) in [4.78, 5) is 23.5. The van der Waals surface area contributed by atoms with Crippen molar-refractivity contribution in [1.82, 2.24) is 9.97 Å². The number of aromatic nitrogens is 2. The van der Waals surface area contributed by atoms with Crippen molar-refractivity contribution in [3.8, 4) is 0 Å². The van der Waals surface area contributed by atoms with Crippen molar-refractivity contribution in [1.29, 1.82) is 0 Å². The lowest BCUT2D eigenvalue weighted by molar-refractivity contribution is 0.0693. The number of aromatic carboxylic acids is 1. The highest BCUT2D eigenvalue weighted by Crippen LogP contribution is 2.47. The Morgan fingerprint density at radius 3 is 2.44 bits per heavy atom. The number of hydrogen-bond donors (Lipinski definition) is 1. The average molecular weight is 365 g/mol. The fourth-order valence-electron chi connectivity index (χ4n) is 4.65. The van der Waals surface area contributed by atoms with Crippen LogP contribution < -0.4 is 4.90 Å². The molecule has 1 aromatic carbocycles. The Balaban J connectivity index is 1.81. The quantitative estimate of drug-likeness (QED) is 0.876. The largest absolute Gasteiger partial charge is 0.478 e. The maximum absolute atomic E-state index is 12.0. The van der Waals surface area contributed by atoms with Gasteiger partial charge in [0.15, 0.2) is 0 Å². The number of carboxylic acids is 1. The molecule has 1 saturated carbocycles. The molecule has 27 heavy (non-hydrogen) atoms. The number of rotatable bonds is 4. The van der Waals surface area contributed by atoms with E-state index in [0.29, 0.717) is 11.6 Å². The third kappa shape index (κ3) is 3.31. The molecular formula is C22H27N3O2. The van der Waals surface area contributed by atoms with E-state index in [1.165, 1.54) is 11.8 Å². The third-order valence-corrected chi connectivity index (χ3v) is 6.31. The van der Waals surface area contributed by atoms with Gasteiger partial charge in [-0.3, -0.25) is 0 Å². The monoisotopic (exact) mass is 365 g/mol. The smallest absolute Gasteiger partial charge is 0.339 e. The van der Waals surface area contributed by atoms with Gasteiger partial charge in [-0.1, -0.05) is 50.1 Å². The van der Waals surface area contributed by atoms with E-state index in [1.54, 1.807) is 0 Å². The van der Waals surface area contributed by atoms with Crippen molar-refractivity contribution in [2.24, 2.45) is 5.92 Å². The number of piperidine rings is 1. The highest BCUT2D eigenvalue weighted by molar-refractivity contribution is 5.89. The Morgan fingerprint density at radius 2 is 1.81 bits per heavy atom. The lowest BCUT2D eigenvalue weighted by Crippen LogP contribution is -2.36. The van der Waals surface area contributed by atoms with Crippen molar-refractivity contribution in [3.05, 3.63) is 53.3 Å². The second-order valence-corrected chi connectivity index (χ2v) is 8.06. The molecule has 142 valence electrons. The van der Waals surface area contributed by atoms with Crippen LogP contribution in [0.4, 0.5) is 5.95 Å². The molecule has 0 radical (unpaired) electrons. The lowest BCUT2D eigenvalue weighted by Gasteiger charge is -2.33. The van der Waals surface area contributed by atoms with E-state index >= 15 is 0 Å². The summed E-state index contributed by atoms with van der Waals surface area (Å²) in [5, 5.41) is 9.83. The summed E-state index contributed by atoms with van der Waals surface area (Å²) in [6.07, 6.45) is 7.84. The van der Waals surface area contributed by atoms with Gasteiger partial charge >= 0.3 is 5.97 Å². The molecule has 2 aliphatic rings. The van der Waals surface area contributed by atoms with Gasteiger partial charge < -0.3 is 10.0 Å². The van der Waals surface area contributed by atoms with Crippen LogP contribution in [-0.4, -0.2) is 34.1 Å². The maximum atomic E-state index is 12.0. The van der Waals surface area contributed by atoms with E-state index in [-0.39, 0.29) is 11.0 Å². The summed E-state index contributed by atoms with van der Waals surface area (Å²) >= 11 is 0. The molecular weight excluding hydrogens is 338 g/mol. The third-order valence-electron chi connectivity index (χ3n) is 6.31. The van der Waals surface area contributed by atoms with Crippen molar-refractivity contribution >= 4 is 11.9 Å². The topological polar surface area (TPSA) is 66.3 Å². The normalized spacial score (nSPS) is 20.0. The predicted molar refractivity (Wildman–Crippen MR) is 105 cm³/mol. The highest BCUT2D eigenvalue weighted by Gasteiger charge is 2.42. The van der Waals surface area contributed by atoms with Crippen molar-refractivity contribution < 1.29 is 9.90 Å². The molecule has 2 fully saturated rings. The molecule has 0 bridgehead atoms. The van der Waals surface area contributed by atoms with Crippen LogP contribution in [0.15, 0.2) is 36.5 Å². The molecule has 1 N–H and O–H groups in total. The van der Waals surface area contributed by atoms with E-state index in [0.717, 1.165) is 57.5 Å².